The lowest BCUT2D eigenvalue weighted by Gasteiger charge is -2.32. The van der Waals surface area contributed by atoms with Crippen LogP contribution < -0.4 is 4.90 Å². The highest BCUT2D eigenvalue weighted by molar-refractivity contribution is 5.37. The zero-order chi connectivity index (χ0) is 10.7. The molecule has 2 rings (SSSR count). The molecule has 5 heteroatoms. The Bertz CT molecular complexity index is 332. The molecule has 0 saturated carbocycles. The SMILES string of the molecule is Cc1nccc(N2CCOC(CO)C2)n1. The van der Waals surface area contributed by atoms with Gasteiger partial charge in [0.05, 0.1) is 19.3 Å². The first-order chi connectivity index (χ1) is 7.29. The van der Waals surface area contributed by atoms with E-state index in [0.29, 0.717) is 13.2 Å². The van der Waals surface area contributed by atoms with Gasteiger partial charge in [-0.1, -0.05) is 0 Å². The van der Waals surface area contributed by atoms with E-state index in [1.165, 1.54) is 0 Å². The van der Waals surface area contributed by atoms with Crippen molar-refractivity contribution in [2.45, 2.75) is 13.0 Å². The first-order valence-corrected chi connectivity index (χ1v) is 5.06. The summed E-state index contributed by atoms with van der Waals surface area (Å²) in [6.45, 7) is 4.06. The number of morpholine rings is 1. The van der Waals surface area contributed by atoms with E-state index in [1.54, 1.807) is 6.20 Å². The lowest BCUT2D eigenvalue weighted by molar-refractivity contribution is 0.00335. The maximum atomic E-state index is 9.03. The first kappa shape index (κ1) is 10.3. The predicted molar refractivity (Wildman–Crippen MR) is 55.8 cm³/mol. The third kappa shape index (κ3) is 2.43. The molecule has 15 heavy (non-hydrogen) atoms. The fourth-order valence-electron chi connectivity index (χ4n) is 1.66. The number of ether oxygens (including phenoxy) is 1. The summed E-state index contributed by atoms with van der Waals surface area (Å²) in [6, 6.07) is 1.88. The summed E-state index contributed by atoms with van der Waals surface area (Å²) in [5.41, 5.74) is 0. The zero-order valence-corrected chi connectivity index (χ0v) is 8.76. The molecule has 5 nitrogen and oxygen atoms in total. The molecule has 0 amide bonds. The van der Waals surface area contributed by atoms with Crippen LogP contribution in [0.2, 0.25) is 0 Å². The molecule has 1 N–H and O–H groups in total. The summed E-state index contributed by atoms with van der Waals surface area (Å²) in [6.07, 6.45) is 1.65. The van der Waals surface area contributed by atoms with Gasteiger partial charge in [-0.3, -0.25) is 0 Å². The molecule has 1 aliphatic heterocycles. The number of rotatable bonds is 2. The molecule has 0 aromatic carbocycles. The van der Waals surface area contributed by atoms with Crippen LogP contribution in [-0.4, -0.2) is 47.5 Å². The largest absolute Gasteiger partial charge is 0.394 e. The Kier molecular flexibility index (Phi) is 3.13. The third-order valence-electron chi connectivity index (χ3n) is 2.43. The maximum absolute atomic E-state index is 9.03. The van der Waals surface area contributed by atoms with Crippen molar-refractivity contribution in [3.63, 3.8) is 0 Å². The maximum Gasteiger partial charge on any atom is 0.132 e. The second kappa shape index (κ2) is 4.55. The standard InChI is InChI=1S/C10H15N3O2/c1-8-11-3-2-10(12-8)13-4-5-15-9(6-13)7-14/h2-3,9,14H,4-7H2,1H3. The third-order valence-corrected chi connectivity index (χ3v) is 2.43. The molecule has 0 spiro atoms. The highest BCUT2D eigenvalue weighted by atomic mass is 16.5. The van der Waals surface area contributed by atoms with E-state index in [0.717, 1.165) is 18.2 Å². The molecule has 1 saturated heterocycles. The van der Waals surface area contributed by atoms with Crippen LogP contribution in [0.15, 0.2) is 12.3 Å². The van der Waals surface area contributed by atoms with Crippen LogP contribution in [0.4, 0.5) is 5.82 Å². The van der Waals surface area contributed by atoms with E-state index in [-0.39, 0.29) is 12.7 Å². The van der Waals surface area contributed by atoms with Crippen molar-refractivity contribution >= 4 is 5.82 Å². The normalized spacial score (nSPS) is 21.7. The summed E-state index contributed by atoms with van der Waals surface area (Å²) in [5.74, 6) is 1.67. The van der Waals surface area contributed by atoms with E-state index in [4.69, 9.17) is 9.84 Å². The van der Waals surface area contributed by atoms with Crippen molar-refractivity contribution in [1.29, 1.82) is 0 Å². The van der Waals surface area contributed by atoms with Crippen LogP contribution in [0.25, 0.3) is 0 Å². The Morgan fingerprint density at radius 2 is 2.53 bits per heavy atom. The van der Waals surface area contributed by atoms with Gasteiger partial charge in [-0.05, 0) is 13.0 Å². The highest BCUT2D eigenvalue weighted by Gasteiger charge is 2.20. The average Bonchev–Trinajstić information content (AvgIpc) is 2.29. The van der Waals surface area contributed by atoms with Crippen LogP contribution >= 0.6 is 0 Å². The van der Waals surface area contributed by atoms with Crippen molar-refractivity contribution < 1.29 is 9.84 Å². The van der Waals surface area contributed by atoms with Crippen molar-refractivity contribution in [1.82, 2.24) is 9.97 Å². The Balaban J connectivity index is 2.09. The molecular formula is C10H15N3O2. The van der Waals surface area contributed by atoms with Crippen molar-refractivity contribution in [3.8, 4) is 0 Å². The number of nitrogens with zero attached hydrogens (tertiary/aromatic N) is 3. The molecule has 1 aromatic heterocycles. The summed E-state index contributed by atoms with van der Waals surface area (Å²) in [4.78, 5) is 10.5. The van der Waals surface area contributed by atoms with E-state index < -0.39 is 0 Å². The molecular weight excluding hydrogens is 194 g/mol. The van der Waals surface area contributed by atoms with Crippen LogP contribution in [0.3, 0.4) is 0 Å². The Morgan fingerprint density at radius 1 is 1.67 bits per heavy atom. The molecule has 0 aliphatic carbocycles. The van der Waals surface area contributed by atoms with E-state index >= 15 is 0 Å². The van der Waals surface area contributed by atoms with Crippen LogP contribution in [0.1, 0.15) is 5.82 Å². The van der Waals surface area contributed by atoms with E-state index in [9.17, 15) is 0 Å². The molecule has 0 bridgehead atoms. The monoisotopic (exact) mass is 209 g/mol. The molecule has 1 unspecified atom stereocenters. The van der Waals surface area contributed by atoms with Gasteiger partial charge in [-0.15, -0.1) is 0 Å². The Hall–Kier alpha value is -1.20. The fourth-order valence-corrected chi connectivity index (χ4v) is 1.66. The van der Waals surface area contributed by atoms with E-state index in [2.05, 4.69) is 14.9 Å². The topological polar surface area (TPSA) is 58.5 Å². The number of hydrogen-bond donors (Lipinski definition) is 1. The number of aromatic nitrogens is 2. The van der Waals surface area contributed by atoms with Crippen LogP contribution in [0.5, 0.6) is 0 Å². The van der Waals surface area contributed by atoms with Gasteiger partial charge in [-0.25, -0.2) is 9.97 Å². The highest BCUT2D eigenvalue weighted by Crippen LogP contribution is 2.14. The Labute approximate surface area is 88.7 Å². The quantitative estimate of drug-likeness (QED) is 0.742. The minimum absolute atomic E-state index is 0.0561. The van der Waals surface area contributed by atoms with Gasteiger partial charge in [0.2, 0.25) is 0 Å². The van der Waals surface area contributed by atoms with Crippen LogP contribution in [-0.2, 0) is 4.74 Å². The molecule has 1 aromatic rings. The number of aryl methyl sites for hydroxylation is 1. The number of hydrogen-bond acceptors (Lipinski definition) is 5. The fraction of sp³-hybridized carbons (Fsp3) is 0.600. The number of aliphatic hydroxyl groups excluding tert-OH is 1. The van der Waals surface area contributed by atoms with Crippen molar-refractivity contribution in [2.24, 2.45) is 0 Å². The summed E-state index contributed by atoms with van der Waals surface area (Å²) in [5, 5.41) is 9.03. The first-order valence-electron chi connectivity index (χ1n) is 5.06. The minimum atomic E-state index is -0.103. The van der Waals surface area contributed by atoms with Gasteiger partial charge in [0.1, 0.15) is 11.6 Å². The van der Waals surface area contributed by atoms with Gasteiger partial charge in [-0.2, -0.15) is 0 Å². The van der Waals surface area contributed by atoms with Crippen LogP contribution in [0, 0.1) is 6.92 Å². The minimum Gasteiger partial charge on any atom is -0.394 e. The van der Waals surface area contributed by atoms with Gasteiger partial charge in [0, 0.05) is 19.3 Å². The summed E-state index contributed by atoms with van der Waals surface area (Å²) in [7, 11) is 0. The zero-order valence-electron chi connectivity index (χ0n) is 8.76. The molecule has 82 valence electrons. The lowest BCUT2D eigenvalue weighted by atomic mass is 10.3. The van der Waals surface area contributed by atoms with Gasteiger partial charge >= 0.3 is 0 Å². The van der Waals surface area contributed by atoms with E-state index in [1.807, 2.05) is 13.0 Å². The van der Waals surface area contributed by atoms with Gasteiger partial charge < -0.3 is 14.7 Å². The average molecular weight is 209 g/mol. The predicted octanol–water partition coefficient (Wildman–Crippen LogP) is -0.0175. The molecule has 1 aliphatic rings. The van der Waals surface area contributed by atoms with Crippen molar-refractivity contribution in [3.05, 3.63) is 18.1 Å². The second-order valence-electron chi connectivity index (χ2n) is 3.58. The molecule has 0 radical (unpaired) electrons. The lowest BCUT2D eigenvalue weighted by Crippen LogP contribution is -2.44. The number of aliphatic hydroxyl groups is 1. The smallest absolute Gasteiger partial charge is 0.132 e. The van der Waals surface area contributed by atoms with Crippen molar-refractivity contribution in [2.75, 3.05) is 31.2 Å². The van der Waals surface area contributed by atoms with Gasteiger partial charge in [0.15, 0.2) is 0 Å². The molecule has 1 fully saturated rings. The Morgan fingerprint density at radius 3 is 3.27 bits per heavy atom. The second-order valence-corrected chi connectivity index (χ2v) is 3.58. The summed E-state index contributed by atoms with van der Waals surface area (Å²) < 4.78 is 5.37. The number of anilines is 1. The molecule has 1 atom stereocenters. The van der Waals surface area contributed by atoms with Gasteiger partial charge in [0.25, 0.3) is 0 Å². The summed E-state index contributed by atoms with van der Waals surface area (Å²) >= 11 is 0. The molecule has 2 heterocycles.